The molecule has 0 spiro atoms. The van der Waals surface area contributed by atoms with Gasteiger partial charge in [-0.05, 0) is 32.0 Å². The van der Waals surface area contributed by atoms with Gasteiger partial charge in [-0.3, -0.25) is 9.20 Å². The third-order valence-corrected chi connectivity index (χ3v) is 3.97. The van der Waals surface area contributed by atoms with E-state index in [4.69, 9.17) is 0 Å². The van der Waals surface area contributed by atoms with Gasteiger partial charge in [0.15, 0.2) is 5.65 Å². The second-order valence-electron chi connectivity index (χ2n) is 5.42. The summed E-state index contributed by atoms with van der Waals surface area (Å²) >= 11 is 0. The van der Waals surface area contributed by atoms with Crippen molar-refractivity contribution in [2.24, 2.45) is 0 Å². The maximum absolute atomic E-state index is 13.0. The Morgan fingerprint density at radius 3 is 2.82 bits per heavy atom. The van der Waals surface area contributed by atoms with Crippen LogP contribution < -0.4 is 5.56 Å². The number of H-pyrrole nitrogens is 1. The van der Waals surface area contributed by atoms with Crippen LogP contribution in [0.15, 0.2) is 35.1 Å². The highest BCUT2D eigenvalue weighted by atomic mass is 16.1. The second-order valence-corrected chi connectivity index (χ2v) is 5.42. The Bertz CT molecular complexity index is 1170. The molecule has 0 saturated heterocycles. The molecule has 5 heteroatoms. The Balaban J connectivity index is 2.45. The molecule has 0 fully saturated rings. The van der Waals surface area contributed by atoms with Gasteiger partial charge in [0.2, 0.25) is 0 Å². The first kappa shape index (κ1) is 12.6. The minimum Gasteiger partial charge on any atom is -0.362 e. The van der Waals surface area contributed by atoms with Crippen molar-refractivity contribution in [3.63, 3.8) is 0 Å². The second kappa shape index (κ2) is 4.18. The van der Waals surface area contributed by atoms with Crippen molar-refractivity contribution in [1.29, 1.82) is 5.26 Å². The number of pyridine rings is 2. The molecule has 0 bridgehead atoms. The van der Waals surface area contributed by atoms with Crippen molar-refractivity contribution in [1.82, 2.24) is 14.4 Å². The largest absolute Gasteiger partial charge is 0.362 e. The molecule has 4 rings (SSSR count). The summed E-state index contributed by atoms with van der Waals surface area (Å²) in [6.45, 7) is 3.76. The van der Waals surface area contributed by atoms with E-state index in [1.54, 1.807) is 0 Å². The third-order valence-electron chi connectivity index (χ3n) is 3.97. The van der Waals surface area contributed by atoms with Gasteiger partial charge in [0, 0.05) is 16.8 Å². The molecule has 0 aliphatic carbocycles. The lowest BCUT2D eigenvalue weighted by Crippen LogP contribution is -2.16. The van der Waals surface area contributed by atoms with Crippen LogP contribution in [0.2, 0.25) is 0 Å². The number of nitrogens with one attached hydrogen (secondary N) is 1. The van der Waals surface area contributed by atoms with Crippen molar-refractivity contribution in [2.45, 2.75) is 13.8 Å². The van der Waals surface area contributed by atoms with Gasteiger partial charge in [0.25, 0.3) is 5.56 Å². The number of aromatic amines is 1. The number of hydrogen-bond donors (Lipinski definition) is 1. The van der Waals surface area contributed by atoms with E-state index in [2.05, 4.69) is 16.0 Å². The molecule has 0 unspecified atom stereocenters. The van der Waals surface area contributed by atoms with Gasteiger partial charge in [-0.2, -0.15) is 5.26 Å². The van der Waals surface area contributed by atoms with E-state index in [0.29, 0.717) is 27.5 Å². The number of benzene rings is 1. The number of rotatable bonds is 0. The van der Waals surface area contributed by atoms with Crippen LogP contribution in [-0.4, -0.2) is 14.4 Å². The zero-order chi connectivity index (χ0) is 15.4. The van der Waals surface area contributed by atoms with Gasteiger partial charge in [-0.25, -0.2) is 4.98 Å². The lowest BCUT2D eigenvalue weighted by atomic mass is 10.1. The SMILES string of the molecule is Cc1cc2c(C#N)c3nc4ccccc4n3c(=O)c2c(C)[nH]1. The average molecular weight is 288 g/mol. The van der Waals surface area contributed by atoms with E-state index >= 15 is 0 Å². The predicted octanol–water partition coefficient (Wildman–Crippen LogP) is 2.82. The molecular formula is C17H12N4O. The van der Waals surface area contributed by atoms with Gasteiger partial charge in [0.05, 0.1) is 16.4 Å². The van der Waals surface area contributed by atoms with Crippen LogP contribution in [0.25, 0.3) is 27.5 Å². The van der Waals surface area contributed by atoms with Crippen LogP contribution in [0.3, 0.4) is 0 Å². The highest BCUT2D eigenvalue weighted by Crippen LogP contribution is 2.25. The molecule has 0 radical (unpaired) electrons. The summed E-state index contributed by atoms with van der Waals surface area (Å²) in [5, 5.41) is 10.8. The summed E-state index contributed by atoms with van der Waals surface area (Å²) in [6.07, 6.45) is 0. The van der Waals surface area contributed by atoms with Gasteiger partial charge in [0.1, 0.15) is 11.6 Å². The number of fused-ring (bicyclic) bond motifs is 4. The lowest BCUT2D eigenvalue weighted by molar-refractivity contribution is 1.11. The normalized spacial score (nSPS) is 11.3. The Hall–Kier alpha value is -3.13. The van der Waals surface area contributed by atoms with Crippen LogP contribution in [0.1, 0.15) is 17.0 Å². The Morgan fingerprint density at radius 2 is 2.05 bits per heavy atom. The van der Waals surface area contributed by atoms with Gasteiger partial charge in [-0.1, -0.05) is 12.1 Å². The standard InChI is InChI=1S/C17H12N4O/c1-9-7-11-12(8-18)16-20-13-5-3-4-6-14(13)21(16)17(22)15(11)10(2)19-9/h3-7,19H,1-2H3. The monoisotopic (exact) mass is 288 g/mol. The first-order valence-corrected chi connectivity index (χ1v) is 6.95. The summed E-state index contributed by atoms with van der Waals surface area (Å²) < 4.78 is 1.53. The van der Waals surface area contributed by atoms with E-state index in [1.165, 1.54) is 4.40 Å². The first-order valence-electron chi connectivity index (χ1n) is 6.95. The number of aryl methyl sites for hydroxylation is 2. The summed E-state index contributed by atoms with van der Waals surface area (Å²) in [5.74, 6) is 0. The molecule has 3 heterocycles. The summed E-state index contributed by atoms with van der Waals surface area (Å²) in [6, 6.07) is 11.5. The van der Waals surface area contributed by atoms with E-state index in [0.717, 1.165) is 16.9 Å². The van der Waals surface area contributed by atoms with Crippen molar-refractivity contribution in [2.75, 3.05) is 0 Å². The fourth-order valence-corrected chi connectivity index (χ4v) is 3.10. The van der Waals surface area contributed by atoms with Gasteiger partial charge < -0.3 is 4.98 Å². The number of nitrogens with zero attached hydrogens (tertiary/aromatic N) is 3. The maximum atomic E-state index is 13.0. The van der Waals surface area contributed by atoms with Crippen LogP contribution in [0.5, 0.6) is 0 Å². The zero-order valence-electron chi connectivity index (χ0n) is 12.1. The zero-order valence-corrected chi connectivity index (χ0v) is 12.1. The minimum absolute atomic E-state index is 0.147. The molecular weight excluding hydrogens is 276 g/mol. The Morgan fingerprint density at radius 1 is 1.27 bits per heavy atom. The minimum atomic E-state index is -0.147. The van der Waals surface area contributed by atoms with E-state index in [9.17, 15) is 10.1 Å². The first-order chi connectivity index (χ1) is 10.6. The molecule has 0 aliphatic heterocycles. The van der Waals surface area contributed by atoms with Crippen molar-refractivity contribution in [3.8, 4) is 6.07 Å². The molecule has 0 atom stereocenters. The molecule has 3 aromatic heterocycles. The molecule has 22 heavy (non-hydrogen) atoms. The van der Waals surface area contributed by atoms with E-state index < -0.39 is 0 Å². The van der Waals surface area contributed by atoms with Gasteiger partial charge in [-0.15, -0.1) is 0 Å². The van der Waals surface area contributed by atoms with Crippen molar-refractivity contribution in [3.05, 3.63) is 57.6 Å². The predicted molar refractivity (Wildman–Crippen MR) is 85.0 cm³/mol. The summed E-state index contributed by atoms with van der Waals surface area (Å²) in [5.41, 5.74) is 3.81. The Kier molecular flexibility index (Phi) is 2.40. The van der Waals surface area contributed by atoms with E-state index in [-0.39, 0.29) is 5.56 Å². The number of para-hydroxylation sites is 2. The third kappa shape index (κ3) is 1.46. The maximum Gasteiger partial charge on any atom is 0.266 e. The number of aromatic nitrogens is 3. The van der Waals surface area contributed by atoms with Crippen LogP contribution in [-0.2, 0) is 0 Å². The van der Waals surface area contributed by atoms with E-state index in [1.807, 2.05) is 44.2 Å². The summed E-state index contributed by atoms with van der Waals surface area (Å²) in [7, 11) is 0. The highest BCUT2D eigenvalue weighted by molar-refractivity contribution is 5.96. The highest BCUT2D eigenvalue weighted by Gasteiger charge is 2.18. The smallest absolute Gasteiger partial charge is 0.266 e. The number of nitriles is 1. The molecule has 1 aromatic carbocycles. The molecule has 1 N–H and O–H groups in total. The molecule has 0 saturated carbocycles. The number of hydrogen-bond acceptors (Lipinski definition) is 3. The van der Waals surface area contributed by atoms with Crippen LogP contribution in [0, 0.1) is 25.2 Å². The molecule has 4 aromatic rings. The molecule has 0 aliphatic rings. The number of imidazole rings is 1. The topological polar surface area (TPSA) is 74.0 Å². The fraction of sp³-hybridized carbons (Fsp3) is 0.118. The van der Waals surface area contributed by atoms with Crippen molar-refractivity contribution >= 4 is 27.5 Å². The lowest BCUT2D eigenvalue weighted by Gasteiger charge is -2.07. The average Bonchev–Trinajstić information content (AvgIpc) is 2.86. The van der Waals surface area contributed by atoms with Crippen molar-refractivity contribution < 1.29 is 0 Å². The summed E-state index contributed by atoms with van der Waals surface area (Å²) in [4.78, 5) is 20.6. The molecule has 106 valence electrons. The molecule has 0 amide bonds. The van der Waals surface area contributed by atoms with Crippen LogP contribution >= 0.6 is 0 Å². The van der Waals surface area contributed by atoms with Gasteiger partial charge >= 0.3 is 0 Å². The quantitative estimate of drug-likeness (QED) is 0.540. The fourth-order valence-electron chi connectivity index (χ4n) is 3.10. The van der Waals surface area contributed by atoms with Crippen LogP contribution in [0.4, 0.5) is 0 Å². The Labute approximate surface area is 125 Å². The molecule has 5 nitrogen and oxygen atoms in total.